The van der Waals surface area contributed by atoms with Crippen molar-refractivity contribution < 1.29 is 71.1 Å². The second-order valence-electron chi connectivity index (χ2n) is 20.5. The Bertz CT molecular complexity index is 2930. The molecule has 0 radical (unpaired) electrons. The van der Waals surface area contributed by atoms with E-state index in [9.17, 15) is 16.6 Å². The fourth-order valence-electron chi connectivity index (χ4n) is 10.5. The Kier molecular flexibility index (Phi) is 22.0. The summed E-state index contributed by atoms with van der Waals surface area (Å²) in [6.07, 6.45) is -13.4. The molecule has 9 rings (SSSR count). The number of benzene rings is 5. The number of methoxy groups -OCH3 is 3. The van der Waals surface area contributed by atoms with Crippen molar-refractivity contribution in [3.63, 3.8) is 0 Å². The number of ether oxygens (including phenoxy) is 15. The Morgan fingerprint density at radius 3 is 1.20 bits per heavy atom. The van der Waals surface area contributed by atoms with Gasteiger partial charge in [0.15, 0.2) is 24.7 Å². The number of nitrogens with zero attached hydrogens (tertiary/aromatic N) is 9. The minimum Gasteiger partial charge on any atom is -0.497 e. The molecule has 0 saturated carbocycles. The molecule has 4 aliphatic heterocycles. The smallest absolute Gasteiger partial charge is 0.169 e. The molecule has 5 aromatic carbocycles. The van der Waals surface area contributed by atoms with Gasteiger partial charge in [0.05, 0.1) is 67.1 Å². The molecule has 4 fully saturated rings. The first-order valence-corrected chi connectivity index (χ1v) is 27.2. The first-order valence-electron chi connectivity index (χ1n) is 27.2. The van der Waals surface area contributed by atoms with E-state index in [2.05, 4.69) is 30.1 Å². The van der Waals surface area contributed by atoms with Crippen LogP contribution in [0, 0.1) is 0 Å². The SMILES string of the molecule is COc1ccc(CO[C@@H]2[C@@H](N=[N+]=[N-])[C@@H](OC)O[C@H](COCc3ccccc3)[C@@H]2O[C@H]2O[C@H](COCc3ccccc3)[C@H](O[C@H]3O[C@H](COCc4ccccc4)[C@@H]4OC(C)(C)O[C@@H]4[C@H]3N=[N+]=[N-])[C@H](OCc3ccc(OC)cc3)[C@H]2N=[N+]=[N-])cc1. The average Bonchev–Trinajstić information content (AvgIpc) is 4.09. The molecule has 0 N–H and O–H groups in total. The lowest BCUT2D eigenvalue weighted by atomic mass is 9.94. The summed E-state index contributed by atoms with van der Waals surface area (Å²) in [6, 6.07) is 39.6. The third kappa shape index (κ3) is 16.1. The standard InChI is InChI=1S/C59H69N9O15/c1-59(2)82-52-46(36-74-31-39-19-13-8-14-20-39)79-58(49(65-68-62)55(52)83-59)81-51-45(35-73-30-38-17-11-7-12-18-38)78-57(48(64-67-61)54(51)76-33-41-23-27-43(70-4)28-24-41)80-50-44(34-72-29-37-15-9-6-10-16-37)77-56(71-5)47(63-66-60)53(50)75-32-40-21-25-42(69-3)26-22-40/h6-28,44-58H,29-36H2,1-5H3/t44-,45-,46-,47-,48-,49-,50+,51+,52+,53-,54-,55-,56+,57-,58-/m1/s1. The Morgan fingerprint density at radius 2 is 0.783 bits per heavy atom. The maximum Gasteiger partial charge on any atom is 0.169 e. The Hall–Kier alpha value is -6.89. The lowest BCUT2D eigenvalue weighted by Gasteiger charge is -2.50. The van der Waals surface area contributed by atoms with Crippen LogP contribution in [0.3, 0.4) is 0 Å². The Labute approximate surface area is 480 Å². The van der Waals surface area contributed by atoms with Crippen LogP contribution in [-0.4, -0.2) is 139 Å². The number of azide groups is 3. The van der Waals surface area contributed by atoms with Crippen molar-refractivity contribution in [2.24, 2.45) is 15.3 Å². The van der Waals surface area contributed by atoms with Gasteiger partial charge in [-0.05, 0) is 82.5 Å². The van der Waals surface area contributed by atoms with E-state index in [1.807, 2.05) is 115 Å². The third-order valence-electron chi connectivity index (χ3n) is 14.4. The molecule has 0 unspecified atom stereocenters. The van der Waals surface area contributed by atoms with Gasteiger partial charge in [0.2, 0.25) is 0 Å². The first kappa shape index (κ1) is 60.7. The van der Waals surface area contributed by atoms with E-state index in [1.165, 1.54) is 7.11 Å². The summed E-state index contributed by atoms with van der Waals surface area (Å²) in [5, 5.41) is 12.7. The van der Waals surface area contributed by atoms with E-state index >= 15 is 0 Å². The van der Waals surface area contributed by atoms with Crippen molar-refractivity contribution in [1.29, 1.82) is 0 Å². The highest BCUT2D eigenvalue weighted by Gasteiger charge is 2.59. The maximum atomic E-state index is 10.6. The van der Waals surface area contributed by atoms with Gasteiger partial charge in [-0.3, -0.25) is 0 Å². The van der Waals surface area contributed by atoms with E-state index in [0.29, 0.717) is 17.1 Å². The van der Waals surface area contributed by atoms with Crippen LogP contribution in [-0.2, 0) is 94.6 Å². The molecule has 4 aliphatic rings. The summed E-state index contributed by atoms with van der Waals surface area (Å²) in [4.78, 5) is 9.76. The van der Waals surface area contributed by atoms with Gasteiger partial charge in [-0.1, -0.05) is 131 Å². The van der Waals surface area contributed by atoms with Crippen molar-refractivity contribution in [1.82, 2.24) is 0 Å². The topological polar surface area (TPSA) is 285 Å². The molecule has 83 heavy (non-hydrogen) atoms. The van der Waals surface area contributed by atoms with Gasteiger partial charge in [-0.2, -0.15) is 0 Å². The van der Waals surface area contributed by atoms with E-state index in [1.54, 1.807) is 52.3 Å². The number of hydrogen-bond acceptors (Lipinski definition) is 18. The van der Waals surface area contributed by atoms with Gasteiger partial charge in [0, 0.05) is 21.8 Å². The van der Waals surface area contributed by atoms with Crippen molar-refractivity contribution in [2.45, 2.75) is 145 Å². The quantitative estimate of drug-likeness (QED) is 0.0256. The molecule has 0 aromatic heterocycles. The zero-order chi connectivity index (χ0) is 58.0. The Balaban J connectivity index is 1.11. The molecule has 24 heteroatoms. The summed E-state index contributed by atoms with van der Waals surface area (Å²) < 4.78 is 97.2. The lowest BCUT2D eigenvalue weighted by molar-refractivity contribution is -0.354. The van der Waals surface area contributed by atoms with E-state index in [0.717, 1.165) is 22.3 Å². The van der Waals surface area contributed by atoms with Gasteiger partial charge in [0.25, 0.3) is 0 Å². The van der Waals surface area contributed by atoms with Crippen LogP contribution in [0.5, 0.6) is 11.5 Å². The molecular formula is C59H69N9O15. The normalized spacial score (nSPS) is 29.0. The van der Waals surface area contributed by atoms with Gasteiger partial charge >= 0.3 is 0 Å². The van der Waals surface area contributed by atoms with E-state index in [4.69, 9.17) is 71.1 Å². The molecule has 0 aliphatic carbocycles. The Morgan fingerprint density at radius 1 is 0.422 bits per heavy atom. The maximum absolute atomic E-state index is 10.6. The number of hydrogen-bond donors (Lipinski definition) is 0. The van der Waals surface area contributed by atoms with Crippen molar-refractivity contribution in [2.75, 3.05) is 41.2 Å². The molecule has 5 aromatic rings. The number of fused-ring (bicyclic) bond motifs is 1. The monoisotopic (exact) mass is 1140 g/mol. The highest BCUT2D eigenvalue weighted by molar-refractivity contribution is 5.28. The predicted molar refractivity (Wildman–Crippen MR) is 297 cm³/mol. The molecule has 15 atom stereocenters. The summed E-state index contributed by atoms with van der Waals surface area (Å²) in [5.41, 5.74) is 35.0. The fraction of sp³-hybridized carbons (Fsp3) is 0.492. The minimum absolute atomic E-state index is 0.00453. The summed E-state index contributed by atoms with van der Waals surface area (Å²) >= 11 is 0. The first-order chi connectivity index (χ1) is 40.6. The molecular weight excluding hydrogens is 1070 g/mol. The largest absolute Gasteiger partial charge is 0.497 e. The lowest BCUT2D eigenvalue weighted by Crippen LogP contribution is -2.66. The van der Waals surface area contributed by atoms with E-state index in [-0.39, 0.29) is 52.9 Å². The van der Waals surface area contributed by atoms with Gasteiger partial charge in [0.1, 0.15) is 84.6 Å². The van der Waals surface area contributed by atoms with E-state index < -0.39 is 97.7 Å². The average molecular weight is 1140 g/mol. The van der Waals surface area contributed by atoms with Crippen LogP contribution < -0.4 is 9.47 Å². The van der Waals surface area contributed by atoms with Crippen LogP contribution in [0.2, 0.25) is 0 Å². The van der Waals surface area contributed by atoms with Crippen LogP contribution >= 0.6 is 0 Å². The third-order valence-corrected chi connectivity index (χ3v) is 14.4. The molecule has 440 valence electrons. The summed E-state index contributed by atoms with van der Waals surface area (Å²) in [5.74, 6) is 0.134. The van der Waals surface area contributed by atoms with Crippen LogP contribution in [0.25, 0.3) is 31.3 Å². The summed E-state index contributed by atoms with van der Waals surface area (Å²) in [7, 11) is 4.57. The summed E-state index contributed by atoms with van der Waals surface area (Å²) in [6.45, 7) is 3.84. The molecule has 0 amide bonds. The minimum atomic E-state index is -1.50. The fourth-order valence-corrected chi connectivity index (χ4v) is 10.5. The molecule has 4 heterocycles. The van der Waals surface area contributed by atoms with Crippen molar-refractivity contribution >= 4 is 0 Å². The molecule has 0 bridgehead atoms. The van der Waals surface area contributed by atoms with Gasteiger partial charge in [-0.15, -0.1) is 0 Å². The molecule has 24 nitrogen and oxygen atoms in total. The highest BCUT2D eigenvalue weighted by Crippen LogP contribution is 2.42. The second-order valence-corrected chi connectivity index (χ2v) is 20.5. The molecule has 4 saturated heterocycles. The zero-order valence-corrected chi connectivity index (χ0v) is 46.7. The van der Waals surface area contributed by atoms with Gasteiger partial charge < -0.3 is 71.1 Å². The predicted octanol–water partition coefficient (Wildman–Crippen LogP) is 9.97. The number of rotatable bonds is 28. The van der Waals surface area contributed by atoms with Crippen LogP contribution in [0.1, 0.15) is 41.7 Å². The van der Waals surface area contributed by atoms with Crippen LogP contribution in [0.4, 0.5) is 0 Å². The highest BCUT2D eigenvalue weighted by atomic mass is 16.8. The van der Waals surface area contributed by atoms with Crippen LogP contribution in [0.15, 0.2) is 155 Å². The van der Waals surface area contributed by atoms with Crippen molar-refractivity contribution in [3.05, 3.63) is 199 Å². The van der Waals surface area contributed by atoms with Crippen molar-refractivity contribution in [3.8, 4) is 11.5 Å². The second kappa shape index (κ2) is 30.1. The van der Waals surface area contributed by atoms with Gasteiger partial charge in [-0.25, -0.2) is 0 Å². The molecule has 0 spiro atoms. The zero-order valence-electron chi connectivity index (χ0n) is 46.7.